The number of para-hydroxylation sites is 1. The van der Waals surface area contributed by atoms with E-state index in [1.54, 1.807) is 36.9 Å². The Kier molecular flexibility index (Phi) is 6.52. The van der Waals surface area contributed by atoms with Gasteiger partial charge in [-0.3, -0.25) is 0 Å². The van der Waals surface area contributed by atoms with Crippen LogP contribution >= 0.6 is 11.8 Å². The minimum absolute atomic E-state index is 0.316. The summed E-state index contributed by atoms with van der Waals surface area (Å²) in [5, 5.41) is 3.18. The molecule has 0 saturated carbocycles. The monoisotopic (exact) mass is 288 g/mol. The summed E-state index contributed by atoms with van der Waals surface area (Å²) in [5.74, 6) is 1.06. The van der Waals surface area contributed by atoms with E-state index in [1.165, 1.54) is 0 Å². The van der Waals surface area contributed by atoms with E-state index < -0.39 is 10.0 Å². The number of sulfonamides is 1. The summed E-state index contributed by atoms with van der Waals surface area (Å²) >= 11 is 1.78. The summed E-state index contributed by atoms with van der Waals surface area (Å²) in [5.41, 5.74) is 0.666. The van der Waals surface area contributed by atoms with E-state index >= 15 is 0 Å². The van der Waals surface area contributed by atoms with E-state index in [9.17, 15) is 8.42 Å². The molecule has 4 nitrogen and oxygen atoms in total. The van der Waals surface area contributed by atoms with E-state index in [2.05, 4.69) is 16.3 Å². The number of rotatable bonds is 8. The second-order valence-electron chi connectivity index (χ2n) is 3.77. The van der Waals surface area contributed by atoms with Gasteiger partial charge in [0.05, 0.1) is 5.69 Å². The minimum Gasteiger partial charge on any atom is -0.384 e. The van der Waals surface area contributed by atoms with Gasteiger partial charge in [0, 0.05) is 13.1 Å². The maximum absolute atomic E-state index is 12.0. The number of nitrogens with one attached hydrogen (secondary N) is 2. The molecule has 0 spiro atoms. The van der Waals surface area contributed by atoms with Gasteiger partial charge in [-0.15, -0.1) is 0 Å². The Morgan fingerprint density at radius 2 is 2.00 bits per heavy atom. The van der Waals surface area contributed by atoms with Gasteiger partial charge in [0.1, 0.15) is 4.90 Å². The molecule has 0 saturated heterocycles. The fourth-order valence-corrected chi connectivity index (χ4v) is 3.21. The molecule has 6 heteroatoms. The molecule has 1 aromatic rings. The maximum Gasteiger partial charge on any atom is 0.242 e. The van der Waals surface area contributed by atoms with Gasteiger partial charge in [0.15, 0.2) is 0 Å². The lowest BCUT2D eigenvalue weighted by molar-refractivity contribution is 0.584. The van der Waals surface area contributed by atoms with Gasteiger partial charge in [-0.25, -0.2) is 13.1 Å². The van der Waals surface area contributed by atoms with E-state index in [0.717, 1.165) is 18.7 Å². The van der Waals surface area contributed by atoms with Crippen LogP contribution in [0.4, 0.5) is 5.69 Å². The zero-order chi connectivity index (χ0) is 13.4. The van der Waals surface area contributed by atoms with Crippen LogP contribution < -0.4 is 10.0 Å². The average Bonchev–Trinajstić information content (AvgIpc) is 2.35. The predicted molar refractivity (Wildman–Crippen MR) is 78.8 cm³/mol. The normalized spacial score (nSPS) is 11.4. The van der Waals surface area contributed by atoms with Crippen molar-refractivity contribution in [2.45, 2.75) is 18.2 Å². The third kappa shape index (κ3) is 4.51. The number of benzene rings is 1. The van der Waals surface area contributed by atoms with Gasteiger partial charge in [0.25, 0.3) is 0 Å². The second kappa shape index (κ2) is 7.66. The highest BCUT2D eigenvalue weighted by Gasteiger charge is 2.16. The standard InChI is InChI=1S/C12H20N2O2S2/c1-3-14-18(15,16)12-8-5-4-7-11(12)13-9-6-10-17-2/h4-5,7-8,13-14H,3,6,9-10H2,1-2H3. The number of thioether (sulfide) groups is 1. The van der Waals surface area contributed by atoms with E-state index in [1.807, 2.05) is 6.07 Å². The molecule has 0 aliphatic rings. The Labute approximate surface area is 114 Å². The van der Waals surface area contributed by atoms with E-state index in [0.29, 0.717) is 17.1 Å². The van der Waals surface area contributed by atoms with Crippen molar-refractivity contribution in [2.24, 2.45) is 0 Å². The summed E-state index contributed by atoms with van der Waals surface area (Å²) < 4.78 is 26.5. The van der Waals surface area contributed by atoms with Crippen molar-refractivity contribution >= 4 is 27.5 Å². The predicted octanol–water partition coefficient (Wildman–Crippen LogP) is 2.15. The van der Waals surface area contributed by atoms with E-state index in [-0.39, 0.29) is 0 Å². The van der Waals surface area contributed by atoms with Crippen LogP contribution in [-0.4, -0.2) is 33.5 Å². The fraction of sp³-hybridized carbons (Fsp3) is 0.500. The molecule has 0 atom stereocenters. The lowest BCUT2D eigenvalue weighted by Gasteiger charge is -2.12. The molecule has 0 radical (unpaired) electrons. The van der Waals surface area contributed by atoms with Gasteiger partial charge in [-0.2, -0.15) is 11.8 Å². The lowest BCUT2D eigenvalue weighted by Crippen LogP contribution is -2.24. The van der Waals surface area contributed by atoms with Gasteiger partial charge in [-0.1, -0.05) is 19.1 Å². The smallest absolute Gasteiger partial charge is 0.242 e. The number of anilines is 1. The quantitative estimate of drug-likeness (QED) is 0.720. The van der Waals surface area contributed by atoms with Crippen molar-refractivity contribution in [1.82, 2.24) is 4.72 Å². The molecule has 0 aromatic heterocycles. The Morgan fingerprint density at radius 1 is 1.28 bits per heavy atom. The van der Waals surface area contributed by atoms with Crippen molar-refractivity contribution in [1.29, 1.82) is 0 Å². The van der Waals surface area contributed by atoms with Crippen LogP contribution in [0.1, 0.15) is 13.3 Å². The van der Waals surface area contributed by atoms with Crippen LogP contribution in [0, 0.1) is 0 Å². The highest BCUT2D eigenvalue weighted by molar-refractivity contribution is 7.98. The topological polar surface area (TPSA) is 58.2 Å². The first-order valence-corrected chi connectivity index (χ1v) is 8.81. The van der Waals surface area contributed by atoms with Gasteiger partial charge in [-0.05, 0) is 30.6 Å². The van der Waals surface area contributed by atoms with Crippen LogP contribution in [0.3, 0.4) is 0 Å². The average molecular weight is 288 g/mol. The second-order valence-corrected chi connectivity index (χ2v) is 6.49. The molecule has 2 N–H and O–H groups in total. The molecule has 0 bridgehead atoms. The van der Waals surface area contributed by atoms with Gasteiger partial charge in [0.2, 0.25) is 10.0 Å². The molecule has 0 amide bonds. The van der Waals surface area contributed by atoms with Crippen LogP contribution in [0.25, 0.3) is 0 Å². The first kappa shape index (κ1) is 15.3. The van der Waals surface area contributed by atoms with Crippen molar-refractivity contribution in [3.8, 4) is 0 Å². The fourth-order valence-electron chi connectivity index (χ4n) is 1.55. The highest BCUT2D eigenvalue weighted by atomic mass is 32.2. The van der Waals surface area contributed by atoms with Crippen LogP contribution in [0.15, 0.2) is 29.2 Å². The molecule has 102 valence electrons. The van der Waals surface area contributed by atoms with Crippen LogP contribution in [0.5, 0.6) is 0 Å². The summed E-state index contributed by atoms with van der Waals surface area (Å²) in [6.07, 6.45) is 3.07. The largest absolute Gasteiger partial charge is 0.384 e. The zero-order valence-corrected chi connectivity index (χ0v) is 12.4. The first-order valence-electron chi connectivity index (χ1n) is 5.93. The van der Waals surface area contributed by atoms with E-state index in [4.69, 9.17) is 0 Å². The summed E-state index contributed by atoms with van der Waals surface area (Å²) in [6, 6.07) is 6.98. The molecule has 1 aromatic carbocycles. The zero-order valence-electron chi connectivity index (χ0n) is 10.8. The number of hydrogen-bond donors (Lipinski definition) is 2. The first-order chi connectivity index (χ1) is 8.61. The maximum atomic E-state index is 12.0. The Morgan fingerprint density at radius 3 is 2.67 bits per heavy atom. The summed E-state index contributed by atoms with van der Waals surface area (Å²) in [7, 11) is -3.40. The van der Waals surface area contributed by atoms with Crippen molar-refractivity contribution in [3.63, 3.8) is 0 Å². The van der Waals surface area contributed by atoms with Gasteiger partial charge >= 0.3 is 0 Å². The number of hydrogen-bond acceptors (Lipinski definition) is 4. The summed E-state index contributed by atoms with van der Waals surface area (Å²) in [4.78, 5) is 0.316. The molecule has 18 heavy (non-hydrogen) atoms. The third-order valence-electron chi connectivity index (χ3n) is 2.35. The molecule has 0 fully saturated rings. The summed E-state index contributed by atoms with van der Waals surface area (Å²) in [6.45, 7) is 2.94. The van der Waals surface area contributed by atoms with Crippen molar-refractivity contribution < 1.29 is 8.42 Å². The Bertz CT molecular complexity index is 461. The highest BCUT2D eigenvalue weighted by Crippen LogP contribution is 2.20. The molecule has 0 unspecified atom stereocenters. The Balaban J connectivity index is 2.80. The minimum atomic E-state index is -3.40. The molecule has 0 heterocycles. The molecule has 1 rings (SSSR count). The molecular weight excluding hydrogens is 268 g/mol. The van der Waals surface area contributed by atoms with Crippen molar-refractivity contribution in [2.75, 3.05) is 30.4 Å². The SMILES string of the molecule is CCNS(=O)(=O)c1ccccc1NCCCSC. The van der Waals surface area contributed by atoms with Crippen molar-refractivity contribution in [3.05, 3.63) is 24.3 Å². The lowest BCUT2D eigenvalue weighted by atomic mass is 10.3. The Hall–Kier alpha value is -0.720. The van der Waals surface area contributed by atoms with Crippen LogP contribution in [0.2, 0.25) is 0 Å². The third-order valence-corrected chi connectivity index (χ3v) is 4.65. The molecular formula is C12H20N2O2S2. The van der Waals surface area contributed by atoms with Gasteiger partial charge < -0.3 is 5.32 Å². The van der Waals surface area contributed by atoms with Crippen LogP contribution in [-0.2, 0) is 10.0 Å². The molecule has 0 aliphatic carbocycles. The molecule has 0 aliphatic heterocycles.